The normalized spacial score (nSPS) is 14.3. The summed E-state index contributed by atoms with van der Waals surface area (Å²) in [5.74, 6) is -5.21. The topological polar surface area (TPSA) is 278 Å². The summed E-state index contributed by atoms with van der Waals surface area (Å²) in [4.78, 5) is 81.8. The molecular formula is C27H39N9O7. The molecule has 12 N–H and O–H groups in total. The predicted molar refractivity (Wildman–Crippen MR) is 153 cm³/mol. The number of aromatic nitrogens is 2. The van der Waals surface area contributed by atoms with Crippen LogP contribution in [-0.2, 0) is 41.6 Å². The van der Waals surface area contributed by atoms with Gasteiger partial charge in [-0.05, 0) is 23.6 Å². The summed E-state index contributed by atoms with van der Waals surface area (Å²) in [5, 5.41) is 19.5. The van der Waals surface area contributed by atoms with Crippen molar-refractivity contribution >= 4 is 35.4 Å². The number of hydrogen-bond acceptors (Lipinski definition) is 9. The van der Waals surface area contributed by atoms with Gasteiger partial charge in [-0.15, -0.1) is 0 Å². The minimum atomic E-state index is -1.44. The van der Waals surface area contributed by atoms with Crippen LogP contribution in [0.2, 0.25) is 0 Å². The second kappa shape index (κ2) is 16.5. The monoisotopic (exact) mass is 601 g/mol. The molecule has 0 radical (unpaired) electrons. The Morgan fingerprint density at radius 2 is 1.53 bits per heavy atom. The van der Waals surface area contributed by atoms with Gasteiger partial charge in [0.1, 0.15) is 23.9 Å². The van der Waals surface area contributed by atoms with E-state index in [2.05, 4.69) is 31.2 Å². The van der Waals surface area contributed by atoms with Gasteiger partial charge in [0.05, 0.1) is 25.3 Å². The van der Waals surface area contributed by atoms with Gasteiger partial charge < -0.3 is 48.6 Å². The van der Waals surface area contributed by atoms with Crippen molar-refractivity contribution in [2.24, 2.45) is 23.1 Å². The van der Waals surface area contributed by atoms with Gasteiger partial charge in [0.15, 0.2) is 0 Å². The molecule has 1 aromatic heterocycles. The quantitative estimate of drug-likeness (QED) is 0.0904. The number of hydrogen-bond donors (Lipinski definition) is 9. The fourth-order valence-electron chi connectivity index (χ4n) is 4.01. The zero-order chi connectivity index (χ0) is 32.1. The van der Waals surface area contributed by atoms with E-state index in [4.69, 9.17) is 17.2 Å². The lowest BCUT2D eigenvalue weighted by Gasteiger charge is -2.28. The summed E-state index contributed by atoms with van der Waals surface area (Å²) in [6.07, 6.45) is 2.92. The van der Waals surface area contributed by atoms with Crippen molar-refractivity contribution in [3.05, 3.63) is 48.0 Å². The number of amides is 6. The molecule has 0 spiro atoms. The van der Waals surface area contributed by atoms with E-state index in [9.17, 15) is 33.9 Å². The van der Waals surface area contributed by atoms with Gasteiger partial charge in [-0.1, -0.05) is 32.4 Å². The van der Waals surface area contributed by atoms with Gasteiger partial charge in [-0.25, -0.2) is 4.98 Å². The zero-order valence-corrected chi connectivity index (χ0v) is 24.0. The molecule has 234 valence electrons. The highest BCUT2D eigenvalue weighted by Gasteiger charge is 2.33. The Morgan fingerprint density at radius 3 is 2.09 bits per heavy atom. The minimum absolute atomic E-state index is 0.00857. The van der Waals surface area contributed by atoms with E-state index in [0.717, 1.165) is 0 Å². The van der Waals surface area contributed by atoms with Crippen molar-refractivity contribution in [3.8, 4) is 5.75 Å². The molecule has 0 aliphatic carbocycles. The van der Waals surface area contributed by atoms with E-state index < -0.39 is 78.5 Å². The Labute approximate surface area is 247 Å². The number of phenols is 1. The molecule has 0 saturated heterocycles. The van der Waals surface area contributed by atoms with Crippen LogP contribution in [0.3, 0.4) is 0 Å². The number of aromatic hydroxyl groups is 1. The summed E-state index contributed by atoms with van der Waals surface area (Å²) in [5.41, 5.74) is 17.6. The summed E-state index contributed by atoms with van der Waals surface area (Å²) >= 11 is 0. The molecule has 5 unspecified atom stereocenters. The van der Waals surface area contributed by atoms with E-state index in [1.807, 2.05) is 0 Å². The lowest BCUT2D eigenvalue weighted by Crippen LogP contribution is -2.60. The predicted octanol–water partition coefficient (Wildman–Crippen LogP) is -2.79. The molecule has 0 fully saturated rings. The molecule has 0 aliphatic heterocycles. The number of nitrogens with one attached hydrogen (secondary N) is 5. The summed E-state index contributed by atoms with van der Waals surface area (Å²) in [6, 6.07) is 1.13. The Morgan fingerprint density at radius 1 is 0.884 bits per heavy atom. The number of imidazole rings is 1. The molecule has 43 heavy (non-hydrogen) atoms. The van der Waals surface area contributed by atoms with Crippen LogP contribution in [0.15, 0.2) is 36.8 Å². The Balaban J connectivity index is 2.26. The van der Waals surface area contributed by atoms with Crippen LogP contribution in [0.5, 0.6) is 5.75 Å². The molecule has 1 heterocycles. The fourth-order valence-corrected chi connectivity index (χ4v) is 4.01. The van der Waals surface area contributed by atoms with Crippen LogP contribution in [0.25, 0.3) is 0 Å². The molecule has 0 bridgehead atoms. The maximum Gasteiger partial charge on any atom is 0.243 e. The number of benzene rings is 1. The third-order valence-corrected chi connectivity index (χ3v) is 6.61. The highest BCUT2D eigenvalue weighted by molar-refractivity contribution is 5.97. The second-order valence-corrected chi connectivity index (χ2v) is 10.1. The number of aromatic amines is 1. The molecule has 16 heteroatoms. The largest absolute Gasteiger partial charge is 0.508 e. The molecule has 0 saturated carbocycles. The van der Waals surface area contributed by atoms with Gasteiger partial charge in [-0.2, -0.15) is 0 Å². The summed E-state index contributed by atoms with van der Waals surface area (Å²) in [6.45, 7) is 2.94. The van der Waals surface area contributed by atoms with Crippen LogP contribution in [0.4, 0.5) is 0 Å². The van der Waals surface area contributed by atoms with Crippen molar-refractivity contribution < 1.29 is 33.9 Å². The van der Waals surface area contributed by atoms with Gasteiger partial charge in [-0.3, -0.25) is 28.8 Å². The van der Waals surface area contributed by atoms with Crippen molar-refractivity contribution in [1.29, 1.82) is 0 Å². The standard InChI is InChI=1S/C27H39N9O7/c1-3-14(2)23(27(43)35-20(10-21(29)38)25(41)32-12-22(30)39)36-26(42)19(8-15-4-6-17(37)7-5-15)34-24(40)18(28)9-16-11-31-13-33-16/h4-7,11,13-14,18-20,23,37H,3,8-10,12,28H2,1-2H3,(H2,29,38)(H2,30,39)(H,31,33)(H,32,41)(H,34,40)(H,35,43)(H,36,42). The van der Waals surface area contributed by atoms with Gasteiger partial charge in [0.2, 0.25) is 35.4 Å². The number of H-pyrrole nitrogens is 1. The zero-order valence-electron chi connectivity index (χ0n) is 24.0. The Hall–Kier alpha value is -4.99. The molecule has 16 nitrogen and oxygen atoms in total. The SMILES string of the molecule is CCC(C)C(NC(=O)C(Cc1ccc(O)cc1)NC(=O)C(N)Cc1cnc[nH]1)C(=O)NC(CC(N)=O)C(=O)NCC(N)=O. The Bertz CT molecular complexity index is 1270. The summed E-state index contributed by atoms with van der Waals surface area (Å²) < 4.78 is 0. The van der Waals surface area contributed by atoms with E-state index in [0.29, 0.717) is 17.7 Å². The third kappa shape index (κ3) is 11.4. The van der Waals surface area contributed by atoms with E-state index in [1.54, 1.807) is 26.0 Å². The van der Waals surface area contributed by atoms with Crippen LogP contribution in [-0.4, -0.2) is 81.2 Å². The lowest BCUT2D eigenvalue weighted by atomic mass is 9.96. The number of phenolic OH excluding ortho intramolecular Hbond substituents is 1. The number of primary amides is 2. The van der Waals surface area contributed by atoms with Gasteiger partial charge in [0.25, 0.3) is 0 Å². The molecule has 1 aromatic carbocycles. The lowest BCUT2D eigenvalue weighted by molar-refractivity contribution is -0.135. The van der Waals surface area contributed by atoms with Crippen LogP contribution >= 0.6 is 0 Å². The first-order chi connectivity index (χ1) is 20.3. The van der Waals surface area contributed by atoms with Crippen molar-refractivity contribution in [2.75, 3.05) is 6.54 Å². The van der Waals surface area contributed by atoms with Gasteiger partial charge >= 0.3 is 0 Å². The Kier molecular flexibility index (Phi) is 13.1. The number of nitrogens with two attached hydrogens (primary N) is 3. The van der Waals surface area contributed by atoms with E-state index in [1.165, 1.54) is 24.7 Å². The number of carbonyl (C=O) groups excluding carboxylic acids is 6. The summed E-state index contributed by atoms with van der Waals surface area (Å²) in [7, 11) is 0. The molecule has 2 rings (SSSR count). The first-order valence-electron chi connectivity index (χ1n) is 13.6. The maximum atomic E-state index is 13.6. The average molecular weight is 602 g/mol. The van der Waals surface area contributed by atoms with E-state index in [-0.39, 0.29) is 18.6 Å². The first kappa shape index (κ1) is 34.2. The van der Waals surface area contributed by atoms with E-state index >= 15 is 0 Å². The van der Waals surface area contributed by atoms with Gasteiger partial charge in [0, 0.05) is 24.7 Å². The van der Waals surface area contributed by atoms with Crippen molar-refractivity contribution in [1.82, 2.24) is 31.2 Å². The number of nitrogens with zero attached hydrogens (tertiary/aromatic N) is 1. The highest BCUT2D eigenvalue weighted by Crippen LogP contribution is 2.14. The highest BCUT2D eigenvalue weighted by atomic mass is 16.3. The second-order valence-electron chi connectivity index (χ2n) is 10.1. The molecule has 2 aromatic rings. The number of carbonyl (C=O) groups is 6. The maximum absolute atomic E-state index is 13.6. The third-order valence-electron chi connectivity index (χ3n) is 6.61. The minimum Gasteiger partial charge on any atom is -0.508 e. The smallest absolute Gasteiger partial charge is 0.243 e. The molecule has 0 aliphatic rings. The molecular weight excluding hydrogens is 562 g/mol. The number of rotatable bonds is 17. The molecule has 5 atom stereocenters. The van der Waals surface area contributed by atoms with Crippen molar-refractivity contribution in [3.63, 3.8) is 0 Å². The average Bonchev–Trinajstić information content (AvgIpc) is 3.47. The molecule has 6 amide bonds. The fraction of sp³-hybridized carbons (Fsp3) is 0.444. The first-order valence-corrected chi connectivity index (χ1v) is 13.6. The van der Waals surface area contributed by atoms with Crippen LogP contribution in [0, 0.1) is 5.92 Å². The van der Waals surface area contributed by atoms with Crippen LogP contribution in [0.1, 0.15) is 37.9 Å². The van der Waals surface area contributed by atoms with Crippen molar-refractivity contribution in [2.45, 2.75) is 63.7 Å². The van der Waals surface area contributed by atoms with Crippen LogP contribution < -0.4 is 38.5 Å².